The molecule has 1 N–H and O–H groups in total. The SMILES string of the molecule is OBc1cc2c(OC3CCC3)nccc2o1. The van der Waals surface area contributed by atoms with Gasteiger partial charge in [-0.15, -0.1) is 0 Å². The zero-order chi connectivity index (χ0) is 11.0. The van der Waals surface area contributed by atoms with E-state index in [1.165, 1.54) is 6.42 Å². The average molecular weight is 217 g/mol. The highest BCUT2D eigenvalue weighted by Crippen LogP contribution is 2.28. The first-order valence-corrected chi connectivity index (χ1v) is 5.52. The number of hydrogen-bond donors (Lipinski definition) is 1. The van der Waals surface area contributed by atoms with Crippen molar-refractivity contribution in [2.45, 2.75) is 25.4 Å². The van der Waals surface area contributed by atoms with Gasteiger partial charge in [0.1, 0.15) is 11.7 Å². The monoisotopic (exact) mass is 217 g/mol. The molecule has 82 valence electrons. The largest absolute Gasteiger partial charge is 0.474 e. The topological polar surface area (TPSA) is 55.5 Å². The van der Waals surface area contributed by atoms with E-state index in [4.69, 9.17) is 14.2 Å². The highest BCUT2D eigenvalue weighted by atomic mass is 16.5. The number of furan rings is 1. The van der Waals surface area contributed by atoms with Gasteiger partial charge in [-0.3, -0.25) is 0 Å². The number of fused-ring (bicyclic) bond motifs is 1. The Bertz CT molecular complexity index is 507. The second-order valence-corrected chi connectivity index (χ2v) is 4.07. The third kappa shape index (κ3) is 1.57. The molecule has 2 heterocycles. The first-order valence-electron chi connectivity index (χ1n) is 5.52. The highest BCUT2D eigenvalue weighted by Gasteiger charge is 2.21. The van der Waals surface area contributed by atoms with Gasteiger partial charge in [-0.25, -0.2) is 4.98 Å². The van der Waals surface area contributed by atoms with E-state index in [1.807, 2.05) is 0 Å². The third-order valence-electron chi connectivity index (χ3n) is 2.95. The van der Waals surface area contributed by atoms with Gasteiger partial charge >= 0.3 is 7.48 Å². The summed E-state index contributed by atoms with van der Waals surface area (Å²) in [6.45, 7) is 0. The molecule has 0 amide bonds. The fourth-order valence-electron chi connectivity index (χ4n) is 1.81. The minimum Gasteiger partial charge on any atom is -0.474 e. The zero-order valence-corrected chi connectivity index (χ0v) is 8.85. The van der Waals surface area contributed by atoms with E-state index in [9.17, 15) is 0 Å². The van der Waals surface area contributed by atoms with Crippen molar-refractivity contribution in [1.82, 2.24) is 4.98 Å². The van der Waals surface area contributed by atoms with Gasteiger partial charge in [-0.2, -0.15) is 0 Å². The molecule has 0 unspecified atom stereocenters. The molecule has 0 bridgehead atoms. The molecule has 5 heteroatoms. The van der Waals surface area contributed by atoms with Gasteiger partial charge in [-0.05, 0) is 31.4 Å². The molecule has 1 saturated carbocycles. The summed E-state index contributed by atoms with van der Waals surface area (Å²) in [4.78, 5) is 4.21. The van der Waals surface area contributed by atoms with E-state index in [-0.39, 0.29) is 7.48 Å². The van der Waals surface area contributed by atoms with Crippen molar-refractivity contribution in [1.29, 1.82) is 0 Å². The number of pyridine rings is 1. The molecule has 1 aliphatic carbocycles. The van der Waals surface area contributed by atoms with Crippen LogP contribution >= 0.6 is 0 Å². The summed E-state index contributed by atoms with van der Waals surface area (Å²) >= 11 is 0. The molecule has 1 fully saturated rings. The van der Waals surface area contributed by atoms with Gasteiger partial charge in [0.25, 0.3) is 0 Å². The summed E-state index contributed by atoms with van der Waals surface area (Å²) in [6.07, 6.45) is 5.39. The first kappa shape index (κ1) is 9.72. The second kappa shape index (κ2) is 3.83. The molecule has 0 atom stereocenters. The fourth-order valence-corrected chi connectivity index (χ4v) is 1.81. The molecule has 4 nitrogen and oxygen atoms in total. The van der Waals surface area contributed by atoms with E-state index in [2.05, 4.69) is 4.98 Å². The second-order valence-electron chi connectivity index (χ2n) is 4.07. The van der Waals surface area contributed by atoms with Crippen molar-refractivity contribution in [3.8, 4) is 5.88 Å². The molecule has 0 spiro atoms. The summed E-state index contributed by atoms with van der Waals surface area (Å²) in [6, 6.07) is 3.57. The van der Waals surface area contributed by atoms with Crippen LogP contribution in [-0.2, 0) is 0 Å². The highest BCUT2D eigenvalue weighted by molar-refractivity contribution is 6.44. The number of rotatable bonds is 3. The predicted molar refractivity (Wildman–Crippen MR) is 61.3 cm³/mol. The molecule has 2 aromatic heterocycles. The van der Waals surface area contributed by atoms with E-state index in [1.54, 1.807) is 18.3 Å². The van der Waals surface area contributed by atoms with Crippen molar-refractivity contribution in [2.24, 2.45) is 0 Å². The Morgan fingerprint density at radius 2 is 2.38 bits per heavy atom. The Hall–Kier alpha value is -1.49. The molecule has 16 heavy (non-hydrogen) atoms. The maximum atomic E-state index is 9.01. The van der Waals surface area contributed by atoms with E-state index < -0.39 is 0 Å². The Morgan fingerprint density at radius 3 is 3.06 bits per heavy atom. The smallest absolute Gasteiger partial charge is 0.347 e. The minimum absolute atomic E-state index is 0.0997. The van der Waals surface area contributed by atoms with Crippen molar-refractivity contribution in [3.05, 3.63) is 18.3 Å². The van der Waals surface area contributed by atoms with Crippen LogP contribution in [0.3, 0.4) is 0 Å². The summed E-state index contributed by atoms with van der Waals surface area (Å²) in [5, 5.41) is 9.86. The van der Waals surface area contributed by atoms with Crippen LogP contribution in [0.4, 0.5) is 0 Å². The predicted octanol–water partition coefficient (Wildman–Crippen LogP) is 0.728. The van der Waals surface area contributed by atoms with E-state index in [0.717, 1.165) is 18.2 Å². The Kier molecular flexibility index (Phi) is 2.33. The normalized spacial score (nSPS) is 16.1. The number of aromatic nitrogens is 1. The molecule has 0 radical (unpaired) electrons. The first-order chi connectivity index (χ1) is 7.86. The van der Waals surface area contributed by atoms with Crippen molar-refractivity contribution in [2.75, 3.05) is 0 Å². The van der Waals surface area contributed by atoms with Gasteiger partial charge in [-0.1, -0.05) is 0 Å². The van der Waals surface area contributed by atoms with Gasteiger partial charge in [0.05, 0.1) is 11.0 Å². The number of nitrogens with zero attached hydrogens (tertiary/aromatic N) is 1. The van der Waals surface area contributed by atoms with Gasteiger partial charge in [0.2, 0.25) is 5.88 Å². The lowest BCUT2D eigenvalue weighted by Gasteiger charge is -2.25. The number of hydrogen-bond acceptors (Lipinski definition) is 4. The molecule has 3 rings (SSSR count). The fraction of sp³-hybridized carbons (Fsp3) is 0.364. The number of ether oxygens (including phenoxy) is 1. The summed E-state index contributed by atoms with van der Waals surface area (Å²) < 4.78 is 11.2. The Labute approximate surface area is 93.5 Å². The lowest BCUT2D eigenvalue weighted by Crippen LogP contribution is -2.25. The van der Waals surface area contributed by atoms with Crippen molar-refractivity contribution < 1.29 is 14.2 Å². The summed E-state index contributed by atoms with van der Waals surface area (Å²) in [5.41, 5.74) is 1.26. The quantitative estimate of drug-likeness (QED) is 0.770. The minimum atomic E-state index is -0.0997. The molecule has 0 saturated heterocycles. The Balaban J connectivity index is 1.98. The van der Waals surface area contributed by atoms with Crippen LogP contribution in [0.2, 0.25) is 0 Å². The van der Waals surface area contributed by atoms with Crippen LogP contribution in [0.15, 0.2) is 22.7 Å². The van der Waals surface area contributed by atoms with E-state index >= 15 is 0 Å². The van der Waals surface area contributed by atoms with Gasteiger partial charge in [0.15, 0.2) is 0 Å². The van der Waals surface area contributed by atoms with Crippen molar-refractivity contribution >= 4 is 24.1 Å². The molecule has 0 aromatic carbocycles. The zero-order valence-electron chi connectivity index (χ0n) is 8.85. The van der Waals surface area contributed by atoms with Crippen LogP contribution in [0.5, 0.6) is 5.88 Å². The molecular weight excluding hydrogens is 205 g/mol. The molecule has 1 aliphatic rings. The van der Waals surface area contributed by atoms with Gasteiger partial charge in [0, 0.05) is 6.20 Å². The van der Waals surface area contributed by atoms with Crippen LogP contribution < -0.4 is 10.4 Å². The van der Waals surface area contributed by atoms with Gasteiger partial charge < -0.3 is 14.2 Å². The third-order valence-corrected chi connectivity index (χ3v) is 2.95. The van der Waals surface area contributed by atoms with Crippen molar-refractivity contribution in [3.63, 3.8) is 0 Å². The lowest BCUT2D eigenvalue weighted by atomic mass is 9.96. The van der Waals surface area contributed by atoms with Crippen LogP contribution in [0.25, 0.3) is 11.0 Å². The molecule has 0 aliphatic heterocycles. The maximum absolute atomic E-state index is 9.01. The molecular formula is C11H12BNO3. The summed E-state index contributed by atoms with van der Waals surface area (Å²) in [7, 11) is -0.0997. The van der Waals surface area contributed by atoms with Crippen LogP contribution in [-0.4, -0.2) is 23.6 Å². The van der Waals surface area contributed by atoms with E-state index in [0.29, 0.717) is 23.2 Å². The lowest BCUT2D eigenvalue weighted by molar-refractivity contribution is 0.116. The van der Waals surface area contributed by atoms with Crippen LogP contribution in [0.1, 0.15) is 19.3 Å². The standard InChI is InChI=1S/C11H12BNO3/c14-12-10-6-8-9(16-10)4-5-13-11(8)15-7-2-1-3-7/h4-7,12,14H,1-3H2. The maximum Gasteiger partial charge on any atom is 0.347 e. The Morgan fingerprint density at radius 1 is 1.50 bits per heavy atom. The van der Waals surface area contributed by atoms with Crippen LogP contribution in [0, 0.1) is 0 Å². The molecule has 2 aromatic rings. The average Bonchev–Trinajstić information content (AvgIpc) is 2.66. The summed E-state index contributed by atoms with van der Waals surface area (Å²) in [5.74, 6) is 0.616.